The second-order valence-corrected chi connectivity index (χ2v) is 10.0. The molecule has 1 saturated heterocycles. The minimum atomic E-state index is -5.17. The van der Waals surface area contributed by atoms with Crippen LogP contribution in [-0.4, -0.2) is 66.7 Å². The Labute approximate surface area is 256 Å². The molecule has 0 atom stereocenters. The van der Waals surface area contributed by atoms with Gasteiger partial charge in [-0.3, -0.25) is 14.5 Å². The Kier molecular flexibility index (Phi) is 12.7. The second kappa shape index (κ2) is 15.0. The molecule has 2 aromatic carbocycles. The summed E-state index contributed by atoms with van der Waals surface area (Å²) in [4.78, 5) is 25.6. The largest absolute Gasteiger partial charge is 0.471 e. The minimum Gasteiger partial charge on any atom is -0.318 e. The van der Waals surface area contributed by atoms with Crippen LogP contribution < -0.4 is 10.6 Å². The number of piperazine rings is 1. The van der Waals surface area contributed by atoms with Crippen LogP contribution in [0, 0.1) is 0 Å². The van der Waals surface area contributed by atoms with E-state index in [1.54, 1.807) is 0 Å². The number of amides is 2. The number of hydrogen-bond donors (Lipinski definition) is 2. The van der Waals surface area contributed by atoms with Crippen LogP contribution in [0.4, 0.5) is 64.1 Å². The molecule has 19 heteroatoms. The van der Waals surface area contributed by atoms with Gasteiger partial charge in [-0.25, -0.2) is 0 Å². The molecule has 0 aromatic heterocycles. The summed E-state index contributed by atoms with van der Waals surface area (Å²) in [5, 5.41) is 2.71. The standard InChI is InChI=1S/C16H19F6N3O.C10H6BrF6NO/c1-2-24-5-7-25(8-6-24)10-11-3-4-12(9-13(11)15(17,18)19)23-14(26)16(20,21)22;11-4-5-1-2-6(3-7(5)9(12,13)14)18-8(19)10(15,16)17/h3-4,9H,2,5-8,10H2,1H3,(H,23,26);1-3H,4H2,(H,18,19). The number of halogens is 13. The van der Waals surface area contributed by atoms with Crippen LogP contribution in [0.3, 0.4) is 0 Å². The number of nitrogens with one attached hydrogen (secondary N) is 2. The zero-order chi connectivity index (χ0) is 34.4. The fourth-order valence-electron chi connectivity index (χ4n) is 4.00. The van der Waals surface area contributed by atoms with Gasteiger partial charge in [-0.1, -0.05) is 35.0 Å². The molecule has 2 N–H and O–H groups in total. The normalized spacial score (nSPS) is 15.2. The van der Waals surface area contributed by atoms with Crippen LogP contribution in [0.5, 0.6) is 0 Å². The Morgan fingerprint density at radius 3 is 1.40 bits per heavy atom. The van der Waals surface area contributed by atoms with E-state index in [9.17, 15) is 62.3 Å². The van der Waals surface area contributed by atoms with E-state index in [0.29, 0.717) is 25.2 Å². The molecule has 1 heterocycles. The molecule has 252 valence electrons. The van der Waals surface area contributed by atoms with Crippen molar-refractivity contribution in [3.05, 3.63) is 58.7 Å². The minimum absolute atomic E-state index is 0.0348. The summed E-state index contributed by atoms with van der Waals surface area (Å²) in [7, 11) is 0. The van der Waals surface area contributed by atoms with Crippen molar-refractivity contribution in [2.45, 2.75) is 43.5 Å². The van der Waals surface area contributed by atoms with Crippen LogP contribution in [0.1, 0.15) is 29.2 Å². The number of likely N-dealkylation sites (N-methyl/N-ethyl adjacent to an activating group) is 1. The third-order valence-electron chi connectivity index (χ3n) is 6.31. The van der Waals surface area contributed by atoms with Gasteiger partial charge in [0, 0.05) is 49.4 Å². The molecule has 0 unspecified atom stereocenters. The van der Waals surface area contributed by atoms with Crippen LogP contribution >= 0.6 is 15.9 Å². The zero-order valence-electron chi connectivity index (χ0n) is 23.0. The zero-order valence-corrected chi connectivity index (χ0v) is 24.6. The van der Waals surface area contributed by atoms with E-state index in [1.807, 2.05) is 11.8 Å². The van der Waals surface area contributed by atoms with Gasteiger partial charge in [0.15, 0.2) is 0 Å². The number of carbonyl (C=O) groups excluding carboxylic acids is 2. The summed E-state index contributed by atoms with van der Waals surface area (Å²) < 4.78 is 151. The molecule has 0 aliphatic carbocycles. The van der Waals surface area contributed by atoms with Crippen molar-refractivity contribution in [1.29, 1.82) is 0 Å². The maximum absolute atomic E-state index is 13.3. The molecule has 0 saturated carbocycles. The van der Waals surface area contributed by atoms with Crippen molar-refractivity contribution in [1.82, 2.24) is 9.80 Å². The van der Waals surface area contributed by atoms with Gasteiger partial charge in [0.05, 0.1) is 11.1 Å². The fourth-order valence-corrected chi connectivity index (χ4v) is 4.49. The maximum Gasteiger partial charge on any atom is 0.471 e. The van der Waals surface area contributed by atoms with Crippen molar-refractivity contribution >= 4 is 39.1 Å². The Balaban J connectivity index is 0.000000330. The lowest BCUT2D eigenvalue weighted by molar-refractivity contribution is -0.167. The first-order valence-electron chi connectivity index (χ1n) is 12.7. The lowest BCUT2D eigenvalue weighted by Crippen LogP contribution is -2.45. The van der Waals surface area contributed by atoms with E-state index in [1.165, 1.54) is 10.6 Å². The van der Waals surface area contributed by atoms with E-state index in [0.717, 1.165) is 43.9 Å². The van der Waals surface area contributed by atoms with Gasteiger partial charge in [-0.2, -0.15) is 52.7 Å². The monoisotopic (exact) mass is 732 g/mol. The van der Waals surface area contributed by atoms with Gasteiger partial charge in [-0.15, -0.1) is 0 Å². The summed E-state index contributed by atoms with van der Waals surface area (Å²) in [6, 6.07) is 5.12. The van der Waals surface area contributed by atoms with E-state index >= 15 is 0 Å². The first-order chi connectivity index (χ1) is 20.6. The highest BCUT2D eigenvalue weighted by Gasteiger charge is 2.41. The summed E-state index contributed by atoms with van der Waals surface area (Å²) >= 11 is 2.84. The van der Waals surface area contributed by atoms with Crippen molar-refractivity contribution in [2.24, 2.45) is 0 Å². The molecule has 45 heavy (non-hydrogen) atoms. The number of benzene rings is 2. The second-order valence-electron chi connectivity index (χ2n) is 9.49. The fraction of sp³-hybridized carbons (Fsp3) is 0.462. The molecule has 1 aliphatic rings. The van der Waals surface area contributed by atoms with E-state index in [-0.39, 0.29) is 23.0 Å². The van der Waals surface area contributed by atoms with Crippen LogP contribution in [0.25, 0.3) is 0 Å². The Hall–Kier alpha value is -3.06. The molecule has 2 amide bonds. The van der Waals surface area contributed by atoms with Gasteiger partial charge in [0.2, 0.25) is 0 Å². The number of alkyl halides is 13. The van der Waals surface area contributed by atoms with Crippen molar-refractivity contribution in [2.75, 3.05) is 43.4 Å². The Bertz CT molecular complexity index is 1320. The number of anilines is 2. The smallest absolute Gasteiger partial charge is 0.318 e. The number of carbonyl (C=O) groups is 2. The van der Waals surface area contributed by atoms with Crippen molar-refractivity contribution < 1.29 is 62.3 Å². The summed E-state index contributed by atoms with van der Waals surface area (Å²) in [5.74, 6) is -4.64. The number of rotatable bonds is 6. The van der Waals surface area contributed by atoms with E-state index in [2.05, 4.69) is 20.8 Å². The molecule has 0 bridgehead atoms. The quantitative estimate of drug-likeness (QED) is 0.240. The van der Waals surface area contributed by atoms with E-state index < -0.39 is 59.0 Å². The highest BCUT2D eigenvalue weighted by atomic mass is 79.9. The molecule has 3 rings (SSSR count). The highest BCUT2D eigenvalue weighted by Crippen LogP contribution is 2.36. The molecular weight excluding hydrogens is 708 g/mol. The number of nitrogens with zero attached hydrogens (tertiary/aromatic N) is 2. The van der Waals surface area contributed by atoms with Crippen molar-refractivity contribution in [3.63, 3.8) is 0 Å². The van der Waals surface area contributed by atoms with Gasteiger partial charge in [-0.05, 0) is 41.9 Å². The van der Waals surface area contributed by atoms with E-state index in [4.69, 9.17) is 0 Å². The first kappa shape index (κ1) is 38.1. The SMILES string of the molecule is CCN1CCN(Cc2ccc(NC(=O)C(F)(F)F)cc2C(F)(F)F)CC1.O=C(Nc1ccc(CBr)c(C(F)(F)F)c1)C(F)(F)F. The lowest BCUT2D eigenvalue weighted by atomic mass is 10.0. The van der Waals surface area contributed by atoms with Gasteiger partial charge >= 0.3 is 36.5 Å². The van der Waals surface area contributed by atoms with Gasteiger partial charge in [0.25, 0.3) is 0 Å². The first-order valence-corrected chi connectivity index (χ1v) is 13.9. The van der Waals surface area contributed by atoms with Gasteiger partial charge in [0.1, 0.15) is 0 Å². The Morgan fingerprint density at radius 1 is 0.667 bits per heavy atom. The highest BCUT2D eigenvalue weighted by molar-refractivity contribution is 9.08. The van der Waals surface area contributed by atoms with Crippen molar-refractivity contribution in [3.8, 4) is 0 Å². The molecule has 0 radical (unpaired) electrons. The predicted octanol–water partition coefficient (Wildman–Crippen LogP) is 7.44. The Morgan fingerprint density at radius 2 is 1.04 bits per heavy atom. The lowest BCUT2D eigenvalue weighted by Gasteiger charge is -2.34. The third-order valence-corrected chi connectivity index (χ3v) is 6.92. The average molecular weight is 733 g/mol. The number of hydrogen-bond acceptors (Lipinski definition) is 4. The topological polar surface area (TPSA) is 64.7 Å². The molecule has 2 aromatic rings. The molecule has 6 nitrogen and oxygen atoms in total. The molecule has 1 aliphatic heterocycles. The average Bonchev–Trinajstić information content (AvgIpc) is 2.92. The third kappa shape index (κ3) is 11.7. The molecule has 0 spiro atoms. The van der Waals surface area contributed by atoms with Crippen LogP contribution in [0.2, 0.25) is 0 Å². The maximum atomic E-state index is 13.3. The summed E-state index contributed by atoms with van der Waals surface area (Å²) in [5.41, 5.74) is -3.44. The summed E-state index contributed by atoms with van der Waals surface area (Å²) in [6.07, 6.45) is -19.8. The van der Waals surface area contributed by atoms with Crippen LogP contribution in [-0.2, 0) is 33.8 Å². The summed E-state index contributed by atoms with van der Waals surface area (Å²) in [6.45, 7) is 5.63. The van der Waals surface area contributed by atoms with Crippen LogP contribution in [0.15, 0.2) is 36.4 Å². The molecule has 1 fully saturated rings. The predicted molar refractivity (Wildman–Crippen MR) is 142 cm³/mol. The van der Waals surface area contributed by atoms with Gasteiger partial charge < -0.3 is 15.5 Å². The molecular formula is C26H25BrF12N4O2.